The lowest BCUT2D eigenvalue weighted by molar-refractivity contribution is 1.04. The summed E-state index contributed by atoms with van der Waals surface area (Å²) in [6, 6.07) is 7.36. The van der Waals surface area contributed by atoms with Crippen molar-refractivity contribution in [1.82, 2.24) is 15.0 Å². The van der Waals surface area contributed by atoms with Gasteiger partial charge in [0.25, 0.3) is 5.56 Å². The Balaban J connectivity index is 1.87. The molecule has 96 valence electrons. The van der Waals surface area contributed by atoms with Crippen LogP contribution in [0.25, 0.3) is 10.9 Å². The summed E-state index contributed by atoms with van der Waals surface area (Å²) < 4.78 is 0.994. The number of nitrogens with one attached hydrogen (secondary N) is 1. The van der Waals surface area contributed by atoms with E-state index in [1.807, 2.05) is 30.5 Å². The predicted molar refractivity (Wildman–Crippen MR) is 78.8 cm³/mol. The first-order valence-electron chi connectivity index (χ1n) is 5.75. The molecule has 3 aromatic rings. The second-order valence-corrected chi connectivity index (χ2v) is 6.15. The molecule has 6 heteroatoms. The maximum atomic E-state index is 11.9. The standard InChI is InChI=1S/C13H11N3OS2/c1-8-6-18-13(14-8)19-7-11-15-10-5-3-2-4-9(10)12(17)16-11/h2-6H,7H2,1H3,(H,15,16,17). The Kier molecular flexibility index (Phi) is 3.35. The molecular formula is C13H11N3OS2. The molecule has 2 aromatic heterocycles. The number of fused-ring (bicyclic) bond motifs is 1. The smallest absolute Gasteiger partial charge is 0.258 e. The van der Waals surface area contributed by atoms with Crippen LogP contribution in [0.1, 0.15) is 11.5 Å². The van der Waals surface area contributed by atoms with E-state index in [4.69, 9.17) is 0 Å². The van der Waals surface area contributed by atoms with Crippen molar-refractivity contribution in [3.8, 4) is 0 Å². The Hall–Kier alpha value is -1.66. The number of aryl methyl sites for hydroxylation is 1. The van der Waals surface area contributed by atoms with Crippen LogP contribution in [0.2, 0.25) is 0 Å². The summed E-state index contributed by atoms with van der Waals surface area (Å²) in [5.41, 5.74) is 1.67. The number of thioether (sulfide) groups is 1. The van der Waals surface area contributed by atoms with Crippen LogP contribution in [0.3, 0.4) is 0 Å². The number of nitrogens with zero attached hydrogens (tertiary/aromatic N) is 2. The maximum absolute atomic E-state index is 11.9. The van der Waals surface area contributed by atoms with Crippen molar-refractivity contribution < 1.29 is 0 Å². The molecule has 0 spiro atoms. The van der Waals surface area contributed by atoms with Crippen LogP contribution in [-0.2, 0) is 5.75 Å². The van der Waals surface area contributed by atoms with E-state index in [1.54, 1.807) is 29.2 Å². The number of aromatic nitrogens is 3. The van der Waals surface area contributed by atoms with Crippen LogP contribution in [0.4, 0.5) is 0 Å². The summed E-state index contributed by atoms with van der Waals surface area (Å²) in [6.07, 6.45) is 0. The number of H-pyrrole nitrogens is 1. The molecule has 0 amide bonds. The topological polar surface area (TPSA) is 58.6 Å². The van der Waals surface area contributed by atoms with Crippen molar-refractivity contribution in [2.75, 3.05) is 0 Å². The van der Waals surface area contributed by atoms with Crippen LogP contribution in [-0.4, -0.2) is 15.0 Å². The highest BCUT2D eigenvalue weighted by molar-refractivity contribution is 8.00. The summed E-state index contributed by atoms with van der Waals surface area (Å²) in [6.45, 7) is 1.97. The second kappa shape index (κ2) is 5.14. The normalized spacial score (nSPS) is 11.0. The van der Waals surface area contributed by atoms with Gasteiger partial charge in [-0.1, -0.05) is 23.9 Å². The van der Waals surface area contributed by atoms with Gasteiger partial charge in [-0.3, -0.25) is 4.79 Å². The van der Waals surface area contributed by atoms with Gasteiger partial charge in [-0.05, 0) is 19.1 Å². The zero-order valence-corrected chi connectivity index (χ0v) is 11.8. The average molecular weight is 289 g/mol. The summed E-state index contributed by atoms with van der Waals surface area (Å²) in [5.74, 6) is 1.30. The highest BCUT2D eigenvalue weighted by Gasteiger charge is 2.05. The van der Waals surface area contributed by atoms with E-state index in [9.17, 15) is 4.79 Å². The second-order valence-electron chi connectivity index (χ2n) is 4.07. The van der Waals surface area contributed by atoms with Gasteiger partial charge in [-0.2, -0.15) is 0 Å². The third-order valence-corrected chi connectivity index (χ3v) is 4.74. The zero-order valence-electron chi connectivity index (χ0n) is 10.2. The Morgan fingerprint density at radius 2 is 2.16 bits per heavy atom. The molecule has 0 aliphatic rings. The molecule has 0 saturated heterocycles. The van der Waals surface area contributed by atoms with Crippen molar-refractivity contribution in [3.05, 3.63) is 51.5 Å². The Morgan fingerprint density at radius 3 is 2.95 bits per heavy atom. The summed E-state index contributed by atoms with van der Waals surface area (Å²) in [5, 5.41) is 2.64. The molecule has 0 aliphatic carbocycles. The molecule has 1 aromatic carbocycles. The molecule has 0 radical (unpaired) electrons. The van der Waals surface area contributed by atoms with E-state index >= 15 is 0 Å². The lowest BCUT2D eigenvalue weighted by atomic mass is 10.2. The van der Waals surface area contributed by atoms with Crippen molar-refractivity contribution in [2.45, 2.75) is 17.0 Å². The van der Waals surface area contributed by atoms with Crippen molar-refractivity contribution in [3.63, 3.8) is 0 Å². The average Bonchev–Trinajstić information content (AvgIpc) is 2.82. The Bertz CT molecular complexity index is 779. The largest absolute Gasteiger partial charge is 0.309 e. The zero-order chi connectivity index (χ0) is 13.2. The fourth-order valence-electron chi connectivity index (χ4n) is 1.73. The number of aromatic amines is 1. The summed E-state index contributed by atoms with van der Waals surface area (Å²) >= 11 is 3.20. The fraction of sp³-hybridized carbons (Fsp3) is 0.154. The molecule has 2 heterocycles. The molecule has 0 bridgehead atoms. The van der Waals surface area contributed by atoms with Crippen LogP contribution in [0.15, 0.2) is 38.8 Å². The van der Waals surface area contributed by atoms with Crippen LogP contribution >= 0.6 is 23.1 Å². The van der Waals surface area contributed by atoms with Gasteiger partial charge in [-0.25, -0.2) is 9.97 Å². The van der Waals surface area contributed by atoms with Crippen molar-refractivity contribution >= 4 is 34.0 Å². The molecule has 3 rings (SSSR count). The molecule has 0 atom stereocenters. The minimum atomic E-state index is -0.0866. The first-order chi connectivity index (χ1) is 9.22. The van der Waals surface area contributed by atoms with Gasteiger partial charge in [-0.15, -0.1) is 11.3 Å². The molecule has 1 N–H and O–H groups in total. The van der Waals surface area contributed by atoms with E-state index in [0.29, 0.717) is 17.0 Å². The monoisotopic (exact) mass is 289 g/mol. The minimum Gasteiger partial charge on any atom is -0.309 e. The Labute approximate surface area is 117 Å². The van der Waals surface area contributed by atoms with Gasteiger partial charge in [0, 0.05) is 11.1 Å². The Morgan fingerprint density at radius 1 is 1.32 bits per heavy atom. The SMILES string of the molecule is Cc1csc(SCc2nc3ccccc3c(=O)[nH]2)n1. The molecule has 4 nitrogen and oxygen atoms in total. The molecule has 0 saturated carbocycles. The van der Waals surface area contributed by atoms with E-state index in [0.717, 1.165) is 15.6 Å². The lowest BCUT2D eigenvalue weighted by Crippen LogP contribution is -2.11. The highest BCUT2D eigenvalue weighted by Crippen LogP contribution is 2.24. The molecule has 0 aliphatic heterocycles. The van der Waals surface area contributed by atoms with E-state index in [1.165, 1.54) is 0 Å². The van der Waals surface area contributed by atoms with Gasteiger partial charge < -0.3 is 4.98 Å². The van der Waals surface area contributed by atoms with Gasteiger partial charge in [0.2, 0.25) is 0 Å². The maximum Gasteiger partial charge on any atom is 0.258 e. The number of rotatable bonds is 3. The van der Waals surface area contributed by atoms with Crippen molar-refractivity contribution in [2.24, 2.45) is 0 Å². The minimum absolute atomic E-state index is 0.0866. The number of thiazole rings is 1. The predicted octanol–water partition coefficient (Wildman–Crippen LogP) is 2.98. The molecule has 19 heavy (non-hydrogen) atoms. The van der Waals surface area contributed by atoms with E-state index in [2.05, 4.69) is 15.0 Å². The fourth-order valence-corrected chi connectivity index (χ4v) is 3.45. The van der Waals surface area contributed by atoms with Gasteiger partial charge in [0.05, 0.1) is 16.7 Å². The van der Waals surface area contributed by atoms with Gasteiger partial charge in [0.15, 0.2) is 4.34 Å². The van der Waals surface area contributed by atoms with Crippen molar-refractivity contribution in [1.29, 1.82) is 0 Å². The van der Waals surface area contributed by atoms with E-state index in [-0.39, 0.29) is 5.56 Å². The molecule has 0 unspecified atom stereocenters. The quantitative estimate of drug-likeness (QED) is 0.753. The lowest BCUT2D eigenvalue weighted by Gasteiger charge is -2.01. The van der Waals surface area contributed by atoms with Crippen LogP contribution in [0.5, 0.6) is 0 Å². The van der Waals surface area contributed by atoms with Gasteiger partial charge in [0.1, 0.15) is 5.82 Å². The number of hydrogen-bond acceptors (Lipinski definition) is 5. The summed E-state index contributed by atoms with van der Waals surface area (Å²) in [4.78, 5) is 23.5. The van der Waals surface area contributed by atoms with Crippen LogP contribution < -0.4 is 5.56 Å². The molecular weight excluding hydrogens is 278 g/mol. The van der Waals surface area contributed by atoms with Gasteiger partial charge >= 0.3 is 0 Å². The first kappa shape index (κ1) is 12.4. The number of para-hydroxylation sites is 1. The summed E-state index contributed by atoms with van der Waals surface area (Å²) in [7, 11) is 0. The first-order valence-corrected chi connectivity index (χ1v) is 7.62. The molecule has 0 fully saturated rings. The third kappa shape index (κ3) is 2.69. The highest BCUT2D eigenvalue weighted by atomic mass is 32.2. The number of hydrogen-bond donors (Lipinski definition) is 1. The third-order valence-electron chi connectivity index (χ3n) is 2.59. The van der Waals surface area contributed by atoms with E-state index < -0.39 is 0 Å². The van der Waals surface area contributed by atoms with Crippen LogP contribution in [0, 0.1) is 6.92 Å². The number of benzene rings is 1.